The number of nitrogens with one attached hydrogen (secondary N) is 1. The van der Waals surface area contributed by atoms with Gasteiger partial charge in [0.15, 0.2) is 0 Å². The van der Waals surface area contributed by atoms with Crippen molar-refractivity contribution in [1.82, 2.24) is 15.1 Å². The molecular formula is C22H20FN3O2. The quantitative estimate of drug-likeness (QED) is 0.743. The Kier molecular flexibility index (Phi) is 4.93. The number of rotatable bonds is 4. The molecule has 2 aromatic carbocycles. The van der Waals surface area contributed by atoms with E-state index in [1.807, 2.05) is 24.3 Å². The predicted molar refractivity (Wildman–Crippen MR) is 105 cm³/mol. The van der Waals surface area contributed by atoms with Crippen LogP contribution in [0.1, 0.15) is 22.3 Å². The fourth-order valence-electron chi connectivity index (χ4n) is 3.38. The van der Waals surface area contributed by atoms with E-state index in [1.165, 1.54) is 23.9 Å². The van der Waals surface area contributed by atoms with Crippen LogP contribution in [0.4, 0.5) is 4.39 Å². The first kappa shape index (κ1) is 18.0. The lowest BCUT2D eigenvalue weighted by molar-refractivity contribution is 0.0773. The number of nitrogens with zero attached hydrogens (tertiary/aromatic N) is 2. The second-order valence-electron chi connectivity index (χ2n) is 6.62. The number of benzene rings is 2. The zero-order chi connectivity index (χ0) is 19.5. The highest BCUT2D eigenvalue weighted by Crippen LogP contribution is 2.27. The molecule has 4 rings (SSSR count). The van der Waals surface area contributed by atoms with Crippen molar-refractivity contribution < 1.29 is 13.9 Å². The molecule has 3 aromatic rings. The van der Waals surface area contributed by atoms with Gasteiger partial charge in [0.25, 0.3) is 5.91 Å². The van der Waals surface area contributed by atoms with E-state index < -0.39 is 0 Å². The van der Waals surface area contributed by atoms with Crippen LogP contribution in [0.15, 0.2) is 60.8 Å². The average Bonchev–Trinajstić information content (AvgIpc) is 3.24. The van der Waals surface area contributed by atoms with Gasteiger partial charge in [0.1, 0.15) is 11.6 Å². The smallest absolute Gasteiger partial charge is 0.257 e. The predicted octanol–water partition coefficient (Wildman–Crippen LogP) is 4.15. The van der Waals surface area contributed by atoms with Crippen LogP contribution in [0.3, 0.4) is 0 Å². The summed E-state index contributed by atoms with van der Waals surface area (Å²) in [5, 5.41) is 6.88. The van der Waals surface area contributed by atoms with Crippen LogP contribution in [0.25, 0.3) is 16.8 Å². The van der Waals surface area contributed by atoms with Gasteiger partial charge >= 0.3 is 0 Å². The zero-order valence-corrected chi connectivity index (χ0v) is 15.5. The number of carbonyl (C=O) groups is 1. The van der Waals surface area contributed by atoms with Crippen molar-refractivity contribution in [3.05, 3.63) is 77.7 Å². The number of amides is 1. The van der Waals surface area contributed by atoms with Crippen LogP contribution >= 0.6 is 0 Å². The molecule has 0 spiro atoms. The molecule has 1 N–H and O–H groups in total. The molecule has 6 heteroatoms. The van der Waals surface area contributed by atoms with Gasteiger partial charge in [0.2, 0.25) is 0 Å². The van der Waals surface area contributed by atoms with E-state index in [9.17, 15) is 9.18 Å². The van der Waals surface area contributed by atoms with Crippen molar-refractivity contribution >= 4 is 11.5 Å². The van der Waals surface area contributed by atoms with E-state index in [2.05, 4.69) is 16.3 Å². The second kappa shape index (κ2) is 7.68. The number of hydrogen-bond acceptors (Lipinski definition) is 3. The van der Waals surface area contributed by atoms with Crippen molar-refractivity contribution in [2.75, 3.05) is 20.2 Å². The molecule has 5 nitrogen and oxygen atoms in total. The van der Waals surface area contributed by atoms with Crippen molar-refractivity contribution in [3.8, 4) is 17.0 Å². The summed E-state index contributed by atoms with van der Waals surface area (Å²) in [6.07, 6.45) is 4.40. The van der Waals surface area contributed by atoms with Gasteiger partial charge in [-0.05, 0) is 54.0 Å². The minimum atomic E-state index is -0.316. The van der Waals surface area contributed by atoms with E-state index in [0.717, 1.165) is 23.3 Å². The molecule has 1 aliphatic rings. The number of hydrogen-bond donors (Lipinski definition) is 1. The van der Waals surface area contributed by atoms with Crippen molar-refractivity contribution in [2.45, 2.75) is 6.42 Å². The molecular weight excluding hydrogens is 357 g/mol. The first-order valence-electron chi connectivity index (χ1n) is 9.08. The van der Waals surface area contributed by atoms with Gasteiger partial charge in [-0.25, -0.2) is 4.39 Å². The maximum atomic E-state index is 13.2. The lowest BCUT2D eigenvalue weighted by atomic mass is 9.98. The molecule has 28 heavy (non-hydrogen) atoms. The Morgan fingerprint density at radius 3 is 2.46 bits per heavy atom. The average molecular weight is 377 g/mol. The van der Waals surface area contributed by atoms with Crippen molar-refractivity contribution in [3.63, 3.8) is 0 Å². The molecule has 0 aliphatic carbocycles. The Labute approximate surface area is 162 Å². The highest BCUT2D eigenvalue weighted by atomic mass is 19.1. The third-order valence-electron chi connectivity index (χ3n) is 4.96. The second-order valence-corrected chi connectivity index (χ2v) is 6.62. The zero-order valence-electron chi connectivity index (χ0n) is 15.5. The minimum Gasteiger partial charge on any atom is -0.497 e. The maximum Gasteiger partial charge on any atom is 0.257 e. The number of methoxy groups -OCH3 is 1. The molecule has 1 aliphatic heterocycles. The summed E-state index contributed by atoms with van der Waals surface area (Å²) in [5.41, 5.74) is 4.19. The third-order valence-corrected chi connectivity index (χ3v) is 4.96. The molecule has 0 fully saturated rings. The van der Waals surface area contributed by atoms with Gasteiger partial charge in [0.05, 0.1) is 24.6 Å². The highest BCUT2D eigenvalue weighted by molar-refractivity contribution is 6.00. The molecule has 0 unspecified atom stereocenters. The van der Waals surface area contributed by atoms with Gasteiger partial charge in [-0.3, -0.25) is 9.89 Å². The maximum absolute atomic E-state index is 13.2. The van der Waals surface area contributed by atoms with E-state index in [1.54, 1.807) is 24.1 Å². The molecule has 0 radical (unpaired) electrons. The summed E-state index contributed by atoms with van der Waals surface area (Å²) >= 11 is 0. The van der Waals surface area contributed by atoms with E-state index in [4.69, 9.17) is 4.74 Å². The van der Waals surface area contributed by atoms with Crippen LogP contribution in [0.5, 0.6) is 5.75 Å². The monoisotopic (exact) mass is 377 g/mol. The normalized spacial score (nSPS) is 13.9. The Balaban J connectivity index is 1.51. The Morgan fingerprint density at radius 2 is 1.82 bits per heavy atom. The lowest BCUT2D eigenvalue weighted by Crippen LogP contribution is -2.34. The van der Waals surface area contributed by atoms with Crippen LogP contribution < -0.4 is 4.74 Å². The molecule has 0 atom stereocenters. The summed E-state index contributed by atoms with van der Waals surface area (Å²) in [5.74, 6) is 0.423. The van der Waals surface area contributed by atoms with Crippen LogP contribution in [-0.4, -0.2) is 41.2 Å². The Bertz CT molecular complexity index is 1010. The number of halogens is 1. The standard InChI is InChI=1S/C22H20FN3O2/c1-28-19-8-4-15(5-9-19)16-10-12-26(13-11-16)22(27)20-14-24-25-21(20)17-2-6-18(23)7-3-17/h2-10,14H,11-13H2,1H3,(H,24,25). The van der Waals surface area contributed by atoms with Gasteiger partial charge in [-0.1, -0.05) is 18.2 Å². The summed E-state index contributed by atoms with van der Waals surface area (Å²) in [6.45, 7) is 1.17. The molecule has 0 bridgehead atoms. The molecule has 1 aromatic heterocycles. The van der Waals surface area contributed by atoms with Gasteiger partial charge in [0, 0.05) is 18.7 Å². The van der Waals surface area contributed by atoms with Crippen molar-refractivity contribution in [2.24, 2.45) is 0 Å². The summed E-state index contributed by atoms with van der Waals surface area (Å²) < 4.78 is 18.4. The molecule has 0 saturated heterocycles. The Hall–Kier alpha value is -3.41. The van der Waals surface area contributed by atoms with Crippen LogP contribution in [0.2, 0.25) is 0 Å². The molecule has 2 heterocycles. The first-order chi connectivity index (χ1) is 13.7. The van der Waals surface area contributed by atoms with E-state index >= 15 is 0 Å². The van der Waals surface area contributed by atoms with Gasteiger partial charge in [-0.2, -0.15) is 5.10 Å². The SMILES string of the molecule is COc1ccc(C2=CCN(C(=O)c3cn[nH]c3-c3ccc(F)cc3)CC2)cc1. The summed E-state index contributed by atoms with van der Waals surface area (Å²) in [7, 11) is 1.65. The summed E-state index contributed by atoms with van der Waals surface area (Å²) in [4.78, 5) is 14.8. The van der Waals surface area contributed by atoms with Gasteiger partial charge < -0.3 is 9.64 Å². The van der Waals surface area contributed by atoms with Crippen LogP contribution in [-0.2, 0) is 0 Å². The fraction of sp³-hybridized carbons (Fsp3) is 0.182. The number of aromatic amines is 1. The third kappa shape index (κ3) is 3.53. The minimum absolute atomic E-state index is 0.0851. The fourth-order valence-corrected chi connectivity index (χ4v) is 3.38. The van der Waals surface area contributed by atoms with Crippen molar-refractivity contribution in [1.29, 1.82) is 0 Å². The molecule has 142 valence electrons. The van der Waals surface area contributed by atoms with E-state index in [-0.39, 0.29) is 11.7 Å². The topological polar surface area (TPSA) is 58.2 Å². The Morgan fingerprint density at radius 1 is 1.11 bits per heavy atom. The number of carbonyl (C=O) groups excluding carboxylic acids is 1. The molecule has 1 amide bonds. The summed E-state index contributed by atoms with van der Waals surface area (Å²) in [6, 6.07) is 14.0. The number of ether oxygens (including phenoxy) is 1. The highest BCUT2D eigenvalue weighted by Gasteiger charge is 2.23. The number of aromatic nitrogens is 2. The number of H-pyrrole nitrogens is 1. The molecule has 0 saturated carbocycles. The lowest BCUT2D eigenvalue weighted by Gasteiger charge is -2.26. The largest absolute Gasteiger partial charge is 0.497 e. The van der Waals surface area contributed by atoms with Crippen LogP contribution in [0, 0.1) is 5.82 Å². The van der Waals surface area contributed by atoms with Gasteiger partial charge in [-0.15, -0.1) is 0 Å². The first-order valence-corrected chi connectivity index (χ1v) is 9.08. The van der Waals surface area contributed by atoms with E-state index in [0.29, 0.717) is 24.3 Å².